The number of fused-ring (bicyclic) bond motifs is 1. The van der Waals surface area contributed by atoms with Gasteiger partial charge in [0.05, 0.1) is 6.20 Å². The summed E-state index contributed by atoms with van der Waals surface area (Å²) in [6.45, 7) is 0.250. The number of aromatic nitrogens is 1. The Morgan fingerprint density at radius 2 is 2.25 bits per heavy atom. The van der Waals surface area contributed by atoms with E-state index in [1.807, 2.05) is 0 Å². The van der Waals surface area contributed by atoms with Crippen molar-refractivity contribution in [3.05, 3.63) is 24.4 Å². The van der Waals surface area contributed by atoms with E-state index in [-0.39, 0.29) is 17.5 Å². The molecule has 1 atom stereocenters. The van der Waals surface area contributed by atoms with E-state index in [1.54, 1.807) is 12.1 Å². The van der Waals surface area contributed by atoms with Gasteiger partial charge in [0.1, 0.15) is 0 Å². The maximum atomic E-state index is 13.4. The molecule has 0 aliphatic carbocycles. The zero-order chi connectivity index (χ0) is 14.4. The molecule has 9 heteroatoms. The number of amidine groups is 1. The van der Waals surface area contributed by atoms with E-state index in [0.29, 0.717) is 5.75 Å². The van der Waals surface area contributed by atoms with Crippen molar-refractivity contribution in [1.82, 2.24) is 4.90 Å². The van der Waals surface area contributed by atoms with Crippen LogP contribution < -0.4 is 10.3 Å². The average Bonchev–Trinajstić information content (AvgIpc) is 2.93. The molecule has 0 radical (unpaired) electrons. The van der Waals surface area contributed by atoms with E-state index in [0.717, 1.165) is 16.7 Å². The Balaban J connectivity index is 2.03. The number of carbonyl (C=O) groups is 1. The van der Waals surface area contributed by atoms with Crippen LogP contribution in [0.25, 0.3) is 0 Å². The molecule has 0 unspecified atom stereocenters. The number of aliphatic imine (C=N–C) groups is 1. The lowest BCUT2D eigenvalue weighted by Crippen LogP contribution is -2.58. The van der Waals surface area contributed by atoms with Gasteiger partial charge in [-0.2, -0.15) is 18.2 Å². The van der Waals surface area contributed by atoms with Crippen LogP contribution >= 0.6 is 11.8 Å². The molecule has 1 aromatic rings. The van der Waals surface area contributed by atoms with Gasteiger partial charge in [-0.1, -0.05) is 17.8 Å². The van der Waals surface area contributed by atoms with Gasteiger partial charge in [0, 0.05) is 18.4 Å². The zero-order valence-corrected chi connectivity index (χ0v) is 10.9. The molecule has 0 aromatic carbocycles. The van der Waals surface area contributed by atoms with Gasteiger partial charge in [-0.15, -0.1) is 0 Å². The molecule has 1 amide bonds. The van der Waals surface area contributed by atoms with Crippen molar-refractivity contribution in [2.24, 2.45) is 4.99 Å². The average molecular weight is 303 g/mol. The minimum atomic E-state index is -4.83. The fraction of sp³-hybridized carbons (Fsp3) is 0.364. The van der Waals surface area contributed by atoms with Crippen LogP contribution in [0, 0.1) is 0 Å². The second-order valence-electron chi connectivity index (χ2n) is 4.31. The van der Waals surface area contributed by atoms with E-state index in [4.69, 9.17) is 0 Å². The lowest BCUT2D eigenvalue weighted by molar-refractivity contribution is -0.362. The number of hydrogen-bond donors (Lipinski definition) is 1. The smallest absolute Gasteiger partial charge is 0.284 e. The van der Waals surface area contributed by atoms with Crippen LogP contribution in [0.1, 0.15) is 0 Å². The summed E-state index contributed by atoms with van der Waals surface area (Å²) in [5, 5.41) is 2.32. The van der Waals surface area contributed by atoms with Crippen molar-refractivity contribution in [3.8, 4) is 0 Å². The number of H-pyrrole nitrogens is 1. The van der Waals surface area contributed by atoms with Gasteiger partial charge < -0.3 is 0 Å². The highest BCUT2D eigenvalue weighted by Crippen LogP contribution is 2.42. The third-order valence-electron chi connectivity index (χ3n) is 3.03. The largest absolute Gasteiger partial charge is 0.464 e. The Morgan fingerprint density at radius 3 is 2.85 bits per heavy atom. The number of aromatic amines is 1. The monoisotopic (exact) mass is 303 g/mol. The Labute approximate surface area is 116 Å². The summed E-state index contributed by atoms with van der Waals surface area (Å²) in [6.07, 6.45) is -3.36. The first-order valence-electron chi connectivity index (χ1n) is 5.80. The van der Waals surface area contributed by atoms with Gasteiger partial charge in [0.15, 0.2) is 5.17 Å². The summed E-state index contributed by atoms with van der Waals surface area (Å²) in [5.74, 6) is -0.438. The molecule has 0 bridgehead atoms. The SMILES string of the molecule is O=C1N2CCSC2=N[C@@]1(Nc1cccc[nH+]1)C(F)(F)F. The number of nitrogens with one attached hydrogen (secondary N) is 2. The minimum Gasteiger partial charge on any atom is -0.284 e. The van der Waals surface area contributed by atoms with E-state index in [2.05, 4.69) is 15.3 Å². The van der Waals surface area contributed by atoms with E-state index in [1.165, 1.54) is 12.3 Å². The molecule has 106 valence electrons. The number of hydrogen-bond acceptors (Lipinski definition) is 4. The van der Waals surface area contributed by atoms with Crippen molar-refractivity contribution < 1.29 is 22.9 Å². The highest BCUT2D eigenvalue weighted by molar-refractivity contribution is 8.14. The number of halogens is 3. The molecule has 1 aromatic heterocycles. The van der Waals surface area contributed by atoms with E-state index < -0.39 is 17.7 Å². The van der Waals surface area contributed by atoms with Crippen molar-refractivity contribution >= 4 is 28.7 Å². The maximum absolute atomic E-state index is 13.4. The molecule has 1 fully saturated rings. The van der Waals surface area contributed by atoms with Gasteiger partial charge in [-0.05, 0) is 6.07 Å². The molecular weight excluding hydrogens is 293 g/mol. The highest BCUT2D eigenvalue weighted by Gasteiger charge is 2.70. The van der Waals surface area contributed by atoms with Gasteiger partial charge in [0.25, 0.3) is 5.82 Å². The van der Waals surface area contributed by atoms with E-state index in [9.17, 15) is 18.0 Å². The minimum absolute atomic E-state index is 0.0775. The Kier molecular flexibility index (Phi) is 2.89. The first-order valence-corrected chi connectivity index (χ1v) is 6.79. The first kappa shape index (κ1) is 13.2. The third-order valence-corrected chi connectivity index (χ3v) is 3.99. The molecule has 20 heavy (non-hydrogen) atoms. The summed E-state index contributed by atoms with van der Waals surface area (Å²) in [7, 11) is 0. The van der Waals surface area contributed by atoms with Crippen LogP contribution in [0.4, 0.5) is 19.0 Å². The second-order valence-corrected chi connectivity index (χ2v) is 5.37. The normalized spacial score (nSPS) is 25.6. The highest BCUT2D eigenvalue weighted by atomic mass is 32.2. The molecule has 5 nitrogen and oxygen atoms in total. The maximum Gasteiger partial charge on any atom is 0.464 e. The lowest BCUT2D eigenvalue weighted by atomic mass is 10.1. The molecule has 2 aliphatic heterocycles. The molecule has 2 N–H and O–H groups in total. The van der Waals surface area contributed by atoms with Crippen LogP contribution in [0.3, 0.4) is 0 Å². The third kappa shape index (κ3) is 1.84. The van der Waals surface area contributed by atoms with Crippen LogP contribution in [0.2, 0.25) is 0 Å². The van der Waals surface area contributed by atoms with Crippen LogP contribution in [0.5, 0.6) is 0 Å². The quantitative estimate of drug-likeness (QED) is 0.890. The summed E-state index contributed by atoms with van der Waals surface area (Å²) >= 11 is 1.15. The van der Waals surface area contributed by atoms with Gasteiger partial charge in [-0.25, -0.2) is 10.3 Å². The Morgan fingerprint density at radius 1 is 1.45 bits per heavy atom. The fourth-order valence-corrected chi connectivity index (χ4v) is 3.06. The standard InChI is InChI=1S/C11H9F3N4OS/c12-11(13,14)10(16-7-3-1-2-4-15-7)8(19)18-5-6-20-9(18)17-10/h1-4H,5-6H2,(H,15,16)/p+1/t10-/m1/s1. The number of thioether (sulfide) groups is 1. The molecular formula is C11H10F3N4OS+. The topological polar surface area (TPSA) is 58.8 Å². The number of amides is 1. The van der Waals surface area contributed by atoms with Gasteiger partial charge in [0.2, 0.25) is 0 Å². The number of anilines is 1. The first-order chi connectivity index (χ1) is 9.44. The lowest BCUT2D eigenvalue weighted by Gasteiger charge is -2.24. The Hall–Kier alpha value is -1.77. The number of nitrogens with zero attached hydrogens (tertiary/aromatic N) is 2. The van der Waals surface area contributed by atoms with Gasteiger partial charge >= 0.3 is 17.7 Å². The van der Waals surface area contributed by atoms with Crippen molar-refractivity contribution in [3.63, 3.8) is 0 Å². The molecule has 1 saturated heterocycles. The zero-order valence-electron chi connectivity index (χ0n) is 10.1. The number of rotatable bonds is 2. The number of alkyl halides is 3. The summed E-state index contributed by atoms with van der Waals surface area (Å²) in [6, 6.07) is 4.60. The second kappa shape index (κ2) is 4.37. The molecule has 0 saturated carbocycles. The fourth-order valence-electron chi connectivity index (χ4n) is 2.07. The van der Waals surface area contributed by atoms with Crippen molar-refractivity contribution in [2.45, 2.75) is 11.8 Å². The van der Waals surface area contributed by atoms with Crippen molar-refractivity contribution in [1.29, 1.82) is 0 Å². The van der Waals surface area contributed by atoms with Crippen LogP contribution in [-0.4, -0.2) is 40.1 Å². The van der Waals surface area contributed by atoms with Crippen LogP contribution in [0.15, 0.2) is 29.4 Å². The van der Waals surface area contributed by atoms with Gasteiger partial charge in [-0.3, -0.25) is 9.69 Å². The molecule has 2 aliphatic rings. The number of pyridine rings is 1. The molecule has 3 rings (SSSR count). The van der Waals surface area contributed by atoms with E-state index >= 15 is 0 Å². The van der Waals surface area contributed by atoms with Crippen molar-refractivity contribution in [2.75, 3.05) is 17.6 Å². The predicted octanol–water partition coefficient (Wildman–Crippen LogP) is 1.12. The Bertz CT molecular complexity index is 577. The molecule has 0 spiro atoms. The number of carbonyl (C=O) groups excluding carboxylic acids is 1. The van der Waals surface area contributed by atoms with Crippen LogP contribution in [-0.2, 0) is 4.79 Å². The predicted molar refractivity (Wildman–Crippen MR) is 67.0 cm³/mol. The summed E-state index contributed by atoms with van der Waals surface area (Å²) in [5.41, 5.74) is -2.94. The summed E-state index contributed by atoms with van der Waals surface area (Å²) < 4.78 is 40.3. The molecule has 3 heterocycles. The summed E-state index contributed by atoms with van der Waals surface area (Å²) in [4.78, 5) is 19.5.